The number of rotatable bonds is 5. The van der Waals surface area contributed by atoms with Crippen LogP contribution < -0.4 is 10.6 Å². The summed E-state index contributed by atoms with van der Waals surface area (Å²) in [4.78, 5) is 8.78. The Morgan fingerprint density at radius 2 is 1.94 bits per heavy atom. The number of hydrogen-bond donors (Lipinski definition) is 1. The molecule has 0 saturated heterocycles. The highest BCUT2D eigenvalue weighted by Crippen LogP contribution is 2.33. The standard InChI is InChI=1S/C11H10Cl2N2O2S/c12-8-2-1-3-9(13)11(8)16-5-10-15-7(4-17-14)6-18-10/h1-3,6H,4-5,14H2. The maximum Gasteiger partial charge on any atom is 0.157 e. The zero-order valence-corrected chi connectivity index (χ0v) is 11.6. The quantitative estimate of drug-likeness (QED) is 0.860. The zero-order chi connectivity index (χ0) is 13.0. The number of halogens is 2. The van der Waals surface area contributed by atoms with Crippen molar-refractivity contribution in [1.82, 2.24) is 4.98 Å². The third-order valence-corrected chi connectivity index (χ3v) is 3.56. The van der Waals surface area contributed by atoms with Gasteiger partial charge in [-0.25, -0.2) is 10.9 Å². The van der Waals surface area contributed by atoms with Crippen LogP contribution in [0.15, 0.2) is 23.6 Å². The smallest absolute Gasteiger partial charge is 0.157 e. The van der Waals surface area contributed by atoms with Crippen molar-refractivity contribution in [3.63, 3.8) is 0 Å². The number of thiazole rings is 1. The van der Waals surface area contributed by atoms with E-state index in [1.165, 1.54) is 11.3 Å². The fourth-order valence-electron chi connectivity index (χ4n) is 1.32. The van der Waals surface area contributed by atoms with Gasteiger partial charge in [0.25, 0.3) is 0 Å². The molecular weight excluding hydrogens is 295 g/mol. The molecular formula is C11H10Cl2N2O2S. The summed E-state index contributed by atoms with van der Waals surface area (Å²) in [5.74, 6) is 5.44. The van der Waals surface area contributed by atoms with Crippen molar-refractivity contribution in [3.8, 4) is 5.75 Å². The monoisotopic (exact) mass is 304 g/mol. The summed E-state index contributed by atoms with van der Waals surface area (Å²) in [6.45, 7) is 0.585. The second-order valence-corrected chi connectivity index (χ2v) is 5.14. The largest absolute Gasteiger partial charge is 0.483 e. The number of para-hydroxylation sites is 1. The Labute approximate surface area is 118 Å². The summed E-state index contributed by atoms with van der Waals surface area (Å²) in [7, 11) is 0. The summed E-state index contributed by atoms with van der Waals surface area (Å²) in [5, 5.41) is 3.62. The molecule has 1 heterocycles. The number of aromatic nitrogens is 1. The van der Waals surface area contributed by atoms with Crippen LogP contribution in [-0.4, -0.2) is 4.98 Å². The van der Waals surface area contributed by atoms with E-state index in [9.17, 15) is 0 Å². The molecule has 2 N–H and O–H groups in total. The van der Waals surface area contributed by atoms with Crippen molar-refractivity contribution in [1.29, 1.82) is 0 Å². The van der Waals surface area contributed by atoms with Crippen LogP contribution in [0.3, 0.4) is 0 Å². The summed E-state index contributed by atoms with van der Waals surface area (Å²) in [5.41, 5.74) is 0.770. The third kappa shape index (κ3) is 3.34. The molecule has 96 valence electrons. The van der Waals surface area contributed by atoms with Gasteiger partial charge >= 0.3 is 0 Å². The minimum atomic E-state index is 0.281. The minimum Gasteiger partial charge on any atom is -0.483 e. The van der Waals surface area contributed by atoms with E-state index < -0.39 is 0 Å². The first-order valence-corrected chi connectivity index (χ1v) is 6.66. The van der Waals surface area contributed by atoms with Crippen molar-refractivity contribution < 1.29 is 9.57 Å². The van der Waals surface area contributed by atoms with E-state index in [1.54, 1.807) is 18.2 Å². The maximum atomic E-state index is 5.99. The SMILES string of the molecule is NOCc1csc(COc2c(Cl)cccc2Cl)n1. The van der Waals surface area contributed by atoms with Crippen LogP contribution in [0, 0.1) is 0 Å². The highest BCUT2D eigenvalue weighted by molar-refractivity contribution is 7.09. The molecule has 4 nitrogen and oxygen atoms in total. The molecule has 0 bridgehead atoms. The molecule has 0 radical (unpaired) electrons. The van der Waals surface area contributed by atoms with Crippen LogP contribution in [0.25, 0.3) is 0 Å². The van der Waals surface area contributed by atoms with E-state index in [2.05, 4.69) is 9.82 Å². The number of nitrogens with zero attached hydrogens (tertiary/aromatic N) is 1. The molecule has 0 spiro atoms. The molecule has 0 fully saturated rings. The Hall–Kier alpha value is -0.850. The lowest BCUT2D eigenvalue weighted by molar-refractivity contribution is 0.121. The second-order valence-electron chi connectivity index (χ2n) is 3.38. The van der Waals surface area contributed by atoms with Crippen LogP contribution in [0.1, 0.15) is 10.7 Å². The Bertz CT molecular complexity index is 513. The zero-order valence-electron chi connectivity index (χ0n) is 9.23. The van der Waals surface area contributed by atoms with Crippen molar-refractivity contribution in [2.24, 2.45) is 5.90 Å². The highest BCUT2D eigenvalue weighted by Gasteiger charge is 2.08. The molecule has 0 aliphatic carbocycles. The maximum absolute atomic E-state index is 5.99. The molecule has 1 aromatic carbocycles. The number of ether oxygens (including phenoxy) is 1. The average Bonchev–Trinajstić information content (AvgIpc) is 2.77. The molecule has 1 aromatic heterocycles. The fraction of sp³-hybridized carbons (Fsp3) is 0.182. The molecule has 18 heavy (non-hydrogen) atoms. The number of nitrogens with two attached hydrogens (primary N) is 1. The van der Waals surface area contributed by atoms with Crippen LogP contribution in [0.2, 0.25) is 10.0 Å². The van der Waals surface area contributed by atoms with Gasteiger partial charge in [0.1, 0.15) is 18.2 Å². The van der Waals surface area contributed by atoms with E-state index in [-0.39, 0.29) is 6.61 Å². The lowest BCUT2D eigenvalue weighted by Gasteiger charge is -2.07. The van der Waals surface area contributed by atoms with Crippen molar-refractivity contribution in [2.45, 2.75) is 13.2 Å². The number of hydrogen-bond acceptors (Lipinski definition) is 5. The van der Waals surface area contributed by atoms with Crippen LogP contribution in [-0.2, 0) is 18.1 Å². The summed E-state index contributed by atoms with van der Waals surface area (Å²) in [6, 6.07) is 5.20. The van der Waals surface area contributed by atoms with Gasteiger partial charge in [-0.2, -0.15) is 0 Å². The summed E-state index contributed by atoms with van der Waals surface area (Å²) in [6.07, 6.45) is 0. The van der Waals surface area contributed by atoms with E-state index >= 15 is 0 Å². The van der Waals surface area contributed by atoms with Crippen molar-refractivity contribution in [3.05, 3.63) is 44.3 Å². The molecule has 0 aliphatic rings. The van der Waals surface area contributed by atoms with Crippen molar-refractivity contribution >= 4 is 34.5 Å². The molecule has 2 aromatic rings. The normalized spacial score (nSPS) is 10.6. The first-order valence-electron chi connectivity index (χ1n) is 5.02. The van der Waals surface area contributed by atoms with Gasteiger partial charge in [-0.15, -0.1) is 11.3 Å². The van der Waals surface area contributed by atoms with Crippen LogP contribution >= 0.6 is 34.5 Å². The molecule has 0 atom stereocenters. The van der Waals surface area contributed by atoms with Gasteiger partial charge in [0.15, 0.2) is 5.75 Å². The van der Waals surface area contributed by atoms with Crippen LogP contribution in [0.5, 0.6) is 5.75 Å². The molecule has 7 heteroatoms. The van der Waals surface area contributed by atoms with Crippen LogP contribution in [0.4, 0.5) is 0 Å². The Morgan fingerprint density at radius 1 is 1.22 bits per heavy atom. The summed E-state index contributed by atoms with van der Waals surface area (Å²) >= 11 is 13.4. The predicted octanol–water partition coefficient (Wildman–Crippen LogP) is 3.42. The predicted molar refractivity (Wildman–Crippen MR) is 71.9 cm³/mol. The van der Waals surface area contributed by atoms with E-state index in [0.29, 0.717) is 22.4 Å². The highest BCUT2D eigenvalue weighted by atomic mass is 35.5. The lowest BCUT2D eigenvalue weighted by atomic mass is 10.3. The number of benzene rings is 1. The van der Waals surface area contributed by atoms with Gasteiger partial charge in [-0.3, -0.25) is 4.84 Å². The molecule has 2 rings (SSSR count). The van der Waals surface area contributed by atoms with Gasteiger partial charge in [0.2, 0.25) is 0 Å². The fourth-order valence-corrected chi connectivity index (χ4v) is 2.52. The van der Waals surface area contributed by atoms with Gasteiger partial charge in [-0.1, -0.05) is 29.3 Å². The topological polar surface area (TPSA) is 57.4 Å². The second kappa shape index (κ2) is 6.36. The average molecular weight is 305 g/mol. The summed E-state index contributed by atoms with van der Waals surface area (Å²) < 4.78 is 5.56. The van der Waals surface area contributed by atoms with Gasteiger partial charge in [-0.05, 0) is 12.1 Å². The Morgan fingerprint density at radius 3 is 2.61 bits per heavy atom. The first kappa shape index (κ1) is 13.6. The van der Waals surface area contributed by atoms with E-state index in [0.717, 1.165) is 10.7 Å². The van der Waals surface area contributed by atoms with Gasteiger partial charge in [0.05, 0.1) is 15.7 Å². The lowest BCUT2D eigenvalue weighted by Crippen LogP contribution is -2.00. The van der Waals surface area contributed by atoms with Crippen molar-refractivity contribution in [2.75, 3.05) is 0 Å². The minimum absolute atomic E-state index is 0.281. The Kier molecular flexibility index (Phi) is 4.79. The molecule has 0 unspecified atom stereocenters. The van der Waals surface area contributed by atoms with Gasteiger partial charge in [0, 0.05) is 5.38 Å². The van der Waals surface area contributed by atoms with E-state index in [4.69, 9.17) is 33.8 Å². The Balaban J connectivity index is 2.02. The van der Waals surface area contributed by atoms with Gasteiger partial charge < -0.3 is 4.74 Å². The molecule has 0 amide bonds. The molecule has 0 saturated carbocycles. The third-order valence-electron chi connectivity index (χ3n) is 2.09. The van der Waals surface area contributed by atoms with E-state index in [1.807, 2.05) is 5.38 Å². The first-order chi connectivity index (χ1) is 8.70. The molecule has 0 aliphatic heterocycles.